The fraction of sp³-hybridized carbons (Fsp3) is 0.294. The number of anilines is 2. The number of aromatic hydroxyl groups is 1. The second-order valence-corrected chi connectivity index (χ2v) is 9.76. The third-order valence-corrected chi connectivity index (χ3v) is 6.07. The van der Waals surface area contributed by atoms with Gasteiger partial charge >= 0.3 is 10.3 Å². The van der Waals surface area contributed by atoms with Crippen LogP contribution in [0.5, 0.6) is 5.75 Å². The van der Waals surface area contributed by atoms with Crippen LogP contribution >= 0.6 is 11.3 Å². The van der Waals surface area contributed by atoms with Gasteiger partial charge in [0.25, 0.3) is 17.7 Å². The molecule has 0 aliphatic carbocycles. The highest BCUT2D eigenvalue weighted by atomic mass is 32.2. The summed E-state index contributed by atoms with van der Waals surface area (Å²) in [6.07, 6.45) is 0.976. The summed E-state index contributed by atoms with van der Waals surface area (Å²) in [7, 11) is -4.75. The number of pyridine rings is 1. The van der Waals surface area contributed by atoms with Crippen LogP contribution in [0.25, 0.3) is 0 Å². The van der Waals surface area contributed by atoms with Gasteiger partial charge in [-0.3, -0.25) is 23.7 Å². The number of thiazole rings is 1. The third kappa shape index (κ3) is 5.73. The molecule has 1 atom stereocenters. The Bertz CT molecular complexity index is 1380. The van der Waals surface area contributed by atoms with Crippen molar-refractivity contribution in [1.29, 1.82) is 0 Å². The molecule has 18 heteroatoms. The standard InChI is InChI=1S/C17H19N7O9S2/c1-17(2,15(29)22-11-3-9(25)10(26)4-19-11)33-23-12(8-6-34-16(18)21-8)13(27)20-7-5-24(14(7)28)35(30,31)32/h3-4,6-7,26H,5H2,1-2H3,(H2,18,21)(H,20,27)(H,30,31,32)(H2,19,22,25,29)/t7-/m0/s1. The Labute approximate surface area is 200 Å². The number of amides is 3. The van der Waals surface area contributed by atoms with Gasteiger partial charge in [-0.05, 0) is 13.8 Å². The molecule has 0 spiro atoms. The maximum absolute atomic E-state index is 12.8. The molecule has 1 saturated heterocycles. The van der Waals surface area contributed by atoms with E-state index in [4.69, 9.17) is 15.1 Å². The van der Waals surface area contributed by atoms with Gasteiger partial charge in [0.15, 0.2) is 16.6 Å². The van der Waals surface area contributed by atoms with Crippen molar-refractivity contribution in [3.05, 3.63) is 33.6 Å². The highest BCUT2D eigenvalue weighted by Gasteiger charge is 2.45. The van der Waals surface area contributed by atoms with E-state index in [-0.39, 0.29) is 20.9 Å². The highest BCUT2D eigenvalue weighted by molar-refractivity contribution is 7.84. The number of oxime groups is 1. The van der Waals surface area contributed by atoms with Crippen molar-refractivity contribution < 1.29 is 37.3 Å². The lowest BCUT2D eigenvalue weighted by molar-refractivity contribution is -0.139. The molecule has 35 heavy (non-hydrogen) atoms. The molecule has 3 rings (SSSR count). The van der Waals surface area contributed by atoms with Gasteiger partial charge in [0.05, 0.1) is 6.54 Å². The van der Waals surface area contributed by atoms with Gasteiger partial charge in [-0.1, -0.05) is 5.16 Å². The largest absolute Gasteiger partial charge is 0.503 e. The molecule has 1 aliphatic rings. The highest BCUT2D eigenvalue weighted by Crippen LogP contribution is 2.18. The lowest BCUT2D eigenvalue weighted by Crippen LogP contribution is -2.65. The zero-order chi connectivity index (χ0) is 26.1. The minimum atomic E-state index is -4.75. The van der Waals surface area contributed by atoms with E-state index in [2.05, 4.69) is 25.8 Å². The van der Waals surface area contributed by atoms with Crippen LogP contribution in [0.2, 0.25) is 0 Å². The molecule has 1 fully saturated rings. The number of nitrogens with zero attached hydrogens (tertiary/aromatic N) is 3. The quantitative estimate of drug-likeness (QED) is 0.0982. The molecule has 0 unspecified atom stereocenters. The summed E-state index contributed by atoms with van der Waals surface area (Å²) in [6.45, 7) is 2.10. The first kappa shape index (κ1) is 25.6. The van der Waals surface area contributed by atoms with Crippen molar-refractivity contribution in [2.24, 2.45) is 5.16 Å². The van der Waals surface area contributed by atoms with E-state index in [1.807, 2.05) is 0 Å². The van der Waals surface area contributed by atoms with Gasteiger partial charge in [-0.15, -0.1) is 11.3 Å². The van der Waals surface area contributed by atoms with Crippen LogP contribution in [0.15, 0.2) is 27.6 Å². The van der Waals surface area contributed by atoms with Crippen LogP contribution in [0.1, 0.15) is 19.5 Å². The Morgan fingerprint density at radius 3 is 2.63 bits per heavy atom. The Morgan fingerprint density at radius 2 is 2.09 bits per heavy atom. The van der Waals surface area contributed by atoms with Crippen molar-refractivity contribution in [3.8, 4) is 5.75 Å². The number of hydrogen-bond donors (Lipinski definition) is 6. The number of aromatic amines is 1. The number of nitrogens with one attached hydrogen (secondary N) is 3. The summed E-state index contributed by atoms with van der Waals surface area (Å²) < 4.78 is 31.2. The van der Waals surface area contributed by atoms with Gasteiger partial charge in [0.1, 0.15) is 17.6 Å². The predicted molar refractivity (Wildman–Crippen MR) is 121 cm³/mol. The first-order chi connectivity index (χ1) is 16.2. The maximum atomic E-state index is 12.8. The summed E-state index contributed by atoms with van der Waals surface area (Å²) in [5, 5.41) is 19.0. The second-order valence-electron chi connectivity index (χ2n) is 7.54. The van der Waals surface area contributed by atoms with E-state index in [9.17, 15) is 32.7 Å². The first-order valence-corrected chi connectivity index (χ1v) is 11.8. The zero-order valence-corrected chi connectivity index (χ0v) is 19.6. The molecular weight excluding hydrogens is 510 g/mol. The van der Waals surface area contributed by atoms with Crippen molar-refractivity contribution in [1.82, 2.24) is 19.6 Å². The van der Waals surface area contributed by atoms with Crippen molar-refractivity contribution in [3.63, 3.8) is 0 Å². The normalized spacial score (nSPS) is 16.4. The number of carbonyl (C=O) groups is 3. The minimum absolute atomic E-state index is 0.0458. The van der Waals surface area contributed by atoms with Crippen LogP contribution in [0.3, 0.4) is 0 Å². The summed E-state index contributed by atoms with van der Waals surface area (Å²) >= 11 is 0.966. The molecule has 0 aromatic carbocycles. The van der Waals surface area contributed by atoms with Crippen LogP contribution in [0, 0.1) is 0 Å². The Morgan fingerprint density at radius 1 is 1.40 bits per heavy atom. The predicted octanol–water partition coefficient (Wildman–Crippen LogP) is -1.61. The van der Waals surface area contributed by atoms with E-state index in [0.29, 0.717) is 0 Å². The first-order valence-electron chi connectivity index (χ1n) is 9.49. The minimum Gasteiger partial charge on any atom is -0.503 e. The molecule has 0 saturated carbocycles. The summed E-state index contributed by atoms with van der Waals surface area (Å²) in [5.74, 6) is -3.45. The number of rotatable bonds is 8. The lowest BCUT2D eigenvalue weighted by Gasteiger charge is -2.35. The number of β-lactam (4-membered cyclic amide) rings is 1. The van der Waals surface area contributed by atoms with Crippen LogP contribution in [-0.4, -0.2) is 74.0 Å². The molecule has 188 valence electrons. The number of carbonyl (C=O) groups excluding carboxylic acids is 3. The number of nitrogens with two attached hydrogens (primary N) is 1. The zero-order valence-electron chi connectivity index (χ0n) is 18.0. The average Bonchev–Trinajstić information content (AvgIpc) is 3.18. The van der Waals surface area contributed by atoms with Gasteiger partial charge in [0, 0.05) is 17.6 Å². The molecule has 7 N–H and O–H groups in total. The van der Waals surface area contributed by atoms with Gasteiger partial charge in [-0.2, -0.15) is 8.42 Å². The fourth-order valence-electron chi connectivity index (χ4n) is 2.55. The molecule has 3 amide bonds. The lowest BCUT2D eigenvalue weighted by atomic mass is 10.1. The fourth-order valence-corrected chi connectivity index (χ4v) is 3.79. The molecule has 3 heterocycles. The molecule has 1 aliphatic heterocycles. The molecule has 16 nitrogen and oxygen atoms in total. The number of aromatic nitrogens is 2. The van der Waals surface area contributed by atoms with Crippen LogP contribution in [0.4, 0.5) is 10.9 Å². The molecule has 2 aromatic heterocycles. The van der Waals surface area contributed by atoms with Gasteiger partial charge in [0.2, 0.25) is 11.0 Å². The number of hydrogen-bond acceptors (Lipinski definition) is 12. The molecular formula is C17H19N7O9S2. The van der Waals surface area contributed by atoms with E-state index >= 15 is 0 Å². The van der Waals surface area contributed by atoms with E-state index in [1.54, 1.807) is 0 Å². The smallest absolute Gasteiger partial charge is 0.362 e. The Kier molecular flexibility index (Phi) is 6.81. The van der Waals surface area contributed by atoms with Crippen molar-refractivity contribution in [2.75, 3.05) is 17.6 Å². The van der Waals surface area contributed by atoms with E-state index < -0.39 is 63.1 Å². The van der Waals surface area contributed by atoms with E-state index in [0.717, 1.165) is 23.6 Å². The van der Waals surface area contributed by atoms with Crippen LogP contribution in [-0.2, 0) is 29.5 Å². The van der Waals surface area contributed by atoms with Crippen LogP contribution < -0.4 is 21.8 Å². The SMILES string of the molecule is CC(C)(ON=C(C(=O)N[C@H]1CN(S(=O)(=O)O)C1=O)c1csc(N)n1)C(=O)Nc1cc(=O)c(O)c[nH]1. The molecule has 2 aromatic rings. The molecule has 0 bridgehead atoms. The Hall–Kier alpha value is -4.03. The maximum Gasteiger partial charge on any atom is 0.362 e. The third-order valence-electron chi connectivity index (χ3n) is 4.51. The summed E-state index contributed by atoms with van der Waals surface area (Å²) in [4.78, 5) is 60.5. The van der Waals surface area contributed by atoms with Crippen molar-refractivity contribution in [2.45, 2.75) is 25.5 Å². The summed E-state index contributed by atoms with van der Waals surface area (Å²) in [5.41, 5.74) is 2.61. The number of nitrogen functional groups attached to an aromatic ring is 1. The summed E-state index contributed by atoms with van der Waals surface area (Å²) in [6, 6.07) is -0.331. The van der Waals surface area contributed by atoms with Crippen molar-refractivity contribution >= 4 is 56.0 Å². The average molecular weight is 530 g/mol. The molecule has 0 radical (unpaired) electrons. The monoisotopic (exact) mass is 529 g/mol. The topological polar surface area (TPSA) is 246 Å². The van der Waals surface area contributed by atoms with Gasteiger partial charge in [-0.25, -0.2) is 9.29 Å². The number of H-pyrrole nitrogens is 1. The second kappa shape index (κ2) is 9.31. The van der Waals surface area contributed by atoms with Gasteiger partial charge < -0.3 is 31.3 Å². The van der Waals surface area contributed by atoms with E-state index in [1.165, 1.54) is 19.2 Å². The Balaban J connectivity index is 1.77.